The molecule has 4 nitrogen and oxygen atoms in total. The molecule has 25 heavy (non-hydrogen) atoms. The van der Waals surface area contributed by atoms with Crippen LogP contribution in [0.15, 0.2) is 47.4 Å². The fraction of sp³-hybridized carbons (Fsp3) is 0.238. The van der Waals surface area contributed by atoms with Gasteiger partial charge in [0.2, 0.25) is 5.43 Å². The minimum Gasteiger partial charge on any atom is -0.343 e. The highest BCUT2D eigenvalue weighted by molar-refractivity contribution is 6.06. The summed E-state index contributed by atoms with van der Waals surface area (Å²) < 4.78 is 2.06. The molecule has 0 spiro atoms. The van der Waals surface area contributed by atoms with Crippen molar-refractivity contribution in [2.45, 2.75) is 33.2 Å². The topological polar surface area (TPSA) is 51.1 Å². The monoisotopic (exact) mass is 332 g/mol. The summed E-state index contributed by atoms with van der Waals surface area (Å²) in [4.78, 5) is 25.7. The number of benzene rings is 2. The number of aryl methyl sites for hydroxylation is 2. The summed E-state index contributed by atoms with van der Waals surface area (Å²) in [5, 5.41) is 3.52. The molecular formula is C21H20N2O2. The second-order valence-electron chi connectivity index (χ2n) is 6.92. The Morgan fingerprint density at radius 1 is 1.20 bits per heavy atom. The number of carbonyl (C=O) groups excluding carboxylic acids is 1. The van der Waals surface area contributed by atoms with Crippen LogP contribution in [0.25, 0.3) is 10.9 Å². The second-order valence-corrected chi connectivity index (χ2v) is 6.92. The number of hydrogen-bond acceptors (Lipinski definition) is 2. The lowest BCUT2D eigenvalue weighted by atomic mass is 10.1. The zero-order valence-corrected chi connectivity index (χ0v) is 14.6. The molecule has 1 aliphatic heterocycles. The van der Waals surface area contributed by atoms with E-state index >= 15 is 0 Å². The first-order valence-corrected chi connectivity index (χ1v) is 8.51. The van der Waals surface area contributed by atoms with E-state index in [-0.39, 0.29) is 22.9 Å². The average Bonchev–Trinajstić information content (AvgIpc) is 2.90. The average molecular weight is 332 g/mol. The van der Waals surface area contributed by atoms with E-state index in [4.69, 9.17) is 0 Å². The van der Waals surface area contributed by atoms with Gasteiger partial charge >= 0.3 is 0 Å². The van der Waals surface area contributed by atoms with Crippen LogP contribution in [0.1, 0.15) is 40.0 Å². The summed E-state index contributed by atoms with van der Waals surface area (Å²) in [6.45, 7) is 6.02. The molecule has 1 amide bonds. The van der Waals surface area contributed by atoms with E-state index in [1.165, 1.54) is 5.56 Å². The highest BCUT2D eigenvalue weighted by atomic mass is 16.2. The van der Waals surface area contributed by atoms with Gasteiger partial charge in [-0.25, -0.2) is 0 Å². The third-order valence-corrected chi connectivity index (χ3v) is 5.01. The maximum Gasteiger partial charge on any atom is 0.261 e. The molecule has 2 aromatic carbocycles. The van der Waals surface area contributed by atoms with Gasteiger partial charge in [0.15, 0.2) is 0 Å². The van der Waals surface area contributed by atoms with Crippen molar-refractivity contribution in [3.63, 3.8) is 0 Å². The second kappa shape index (κ2) is 5.59. The lowest BCUT2D eigenvalue weighted by Crippen LogP contribution is -2.24. The van der Waals surface area contributed by atoms with E-state index in [0.717, 1.165) is 28.8 Å². The molecule has 4 heteroatoms. The summed E-state index contributed by atoms with van der Waals surface area (Å²) in [7, 11) is 0. The van der Waals surface area contributed by atoms with E-state index in [9.17, 15) is 9.59 Å². The molecule has 0 bridgehead atoms. The number of carbonyl (C=O) groups is 1. The molecule has 2 heterocycles. The van der Waals surface area contributed by atoms with E-state index in [1.54, 1.807) is 6.20 Å². The van der Waals surface area contributed by atoms with E-state index < -0.39 is 0 Å². The number of nitrogens with zero attached hydrogens (tertiary/aromatic N) is 1. The van der Waals surface area contributed by atoms with Crippen molar-refractivity contribution in [1.82, 2.24) is 4.57 Å². The number of hydrogen-bond donors (Lipinski definition) is 1. The molecule has 0 saturated carbocycles. The van der Waals surface area contributed by atoms with Crippen LogP contribution in [0.4, 0.5) is 5.69 Å². The minimum atomic E-state index is -0.353. The maximum absolute atomic E-state index is 12.9. The minimum absolute atomic E-state index is 0.194. The molecule has 1 unspecified atom stereocenters. The molecule has 0 fully saturated rings. The van der Waals surface area contributed by atoms with Crippen LogP contribution in [-0.2, 0) is 6.42 Å². The van der Waals surface area contributed by atoms with E-state index in [0.29, 0.717) is 5.39 Å². The molecule has 0 aliphatic carbocycles. The predicted octanol–water partition coefficient (Wildman–Crippen LogP) is 3.99. The highest BCUT2D eigenvalue weighted by Gasteiger charge is 2.24. The Morgan fingerprint density at radius 3 is 2.80 bits per heavy atom. The first kappa shape index (κ1) is 15.6. The lowest BCUT2D eigenvalue weighted by molar-refractivity contribution is 0.102. The Bertz CT molecular complexity index is 1080. The summed E-state index contributed by atoms with van der Waals surface area (Å²) >= 11 is 0. The fourth-order valence-electron chi connectivity index (χ4n) is 3.64. The van der Waals surface area contributed by atoms with Gasteiger partial charge < -0.3 is 9.88 Å². The molecule has 0 radical (unpaired) electrons. The number of aromatic nitrogens is 1. The van der Waals surface area contributed by atoms with Gasteiger partial charge in [0.1, 0.15) is 5.56 Å². The Morgan fingerprint density at radius 2 is 2.00 bits per heavy atom. The quantitative estimate of drug-likeness (QED) is 0.771. The molecule has 1 N–H and O–H groups in total. The normalized spacial score (nSPS) is 15.6. The van der Waals surface area contributed by atoms with Crippen molar-refractivity contribution in [3.05, 3.63) is 75.1 Å². The van der Waals surface area contributed by atoms with Gasteiger partial charge in [0, 0.05) is 23.3 Å². The van der Waals surface area contributed by atoms with E-state index in [1.807, 2.05) is 44.2 Å². The number of nitrogens with one attached hydrogen (secondary N) is 1. The highest BCUT2D eigenvalue weighted by Crippen LogP contribution is 2.31. The van der Waals surface area contributed by atoms with Crippen LogP contribution in [0.5, 0.6) is 0 Å². The largest absolute Gasteiger partial charge is 0.343 e. The van der Waals surface area contributed by atoms with Crippen LogP contribution in [-0.4, -0.2) is 10.5 Å². The van der Waals surface area contributed by atoms with Crippen molar-refractivity contribution >= 4 is 22.5 Å². The summed E-state index contributed by atoms with van der Waals surface area (Å²) in [5.41, 5.74) is 4.90. The molecule has 4 rings (SSSR count). The molecule has 1 atom stereocenters. The molecular weight excluding hydrogens is 312 g/mol. The number of para-hydroxylation sites is 1. The van der Waals surface area contributed by atoms with Gasteiger partial charge in [-0.15, -0.1) is 0 Å². The third kappa shape index (κ3) is 2.45. The number of pyridine rings is 1. The summed E-state index contributed by atoms with van der Waals surface area (Å²) in [5.74, 6) is -0.353. The molecule has 126 valence electrons. The summed E-state index contributed by atoms with van der Waals surface area (Å²) in [6, 6.07) is 11.9. The SMILES string of the molecule is Cc1ccc(C)c(NC(=O)c2cn3c4c(cccc4c2=O)CC3C)c1. The molecule has 0 saturated heterocycles. The first-order valence-electron chi connectivity index (χ1n) is 8.51. The molecule has 3 aromatic rings. The first-order chi connectivity index (χ1) is 12.0. The number of amides is 1. The van der Waals surface area contributed by atoms with Crippen LogP contribution >= 0.6 is 0 Å². The Labute approximate surface area is 146 Å². The number of rotatable bonds is 2. The van der Waals surface area contributed by atoms with Gasteiger partial charge in [-0.3, -0.25) is 9.59 Å². The van der Waals surface area contributed by atoms with Gasteiger partial charge in [0.05, 0.1) is 5.52 Å². The van der Waals surface area contributed by atoms with Crippen molar-refractivity contribution in [1.29, 1.82) is 0 Å². The van der Waals surface area contributed by atoms with Gasteiger partial charge in [-0.2, -0.15) is 0 Å². The fourth-order valence-corrected chi connectivity index (χ4v) is 3.64. The Balaban J connectivity index is 1.83. The van der Waals surface area contributed by atoms with Gasteiger partial charge in [0.25, 0.3) is 5.91 Å². The zero-order valence-electron chi connectivity index (χ0n) is 14.6. The van der Waals surface area contributed by atoms with Crippen LogP contribution in [0, 0.1) is 13.8 Å². The van der Waals surface area contributed by atoms with E-state index in [2.05, 4.69) is 22.9 Å². The lowest BCUT2D eigenvalue weighted by Gasteiger charge is -2.13. The predicted molar refractivity (Wildman–Crippen MR) is 100 cm³/mol. The van der Waals surface area contributed by atoms with Crippen molar-refractivity contribution in [2.24, 2.45) is 0 Å². The maximum atomic E-state index is 12.9. The van der Waals surface area contributed by atoms with Crippen LogP contribution in [0.2, 0.25) is 0 Å². The van der Waals surface area contributed by atoms with Crippen molar-refractivity contribution < 1.29 is 4.79 Å². The summed E-state index contributed by atoms with van der Waals surface area (Å²) in [6.07, 6.45) is 2.60. The Hall–Kier alpha value is -2.88. The molecule has 1 aromatic heterocycles. The number of anilines is 1. The van der Waals surface area contributed by atoms with Crippen LogP contribution in [0.3, 0.4) is 0 Å². The van der Waals surface area contributed by atoms with Crippen molar-refractivity contribution in [3.8, 4) is 0 Å². The Kier molecular flexibility index (Phi) is 3.49. The zero-order chi connectivity index (χ0) is 17.7. The molecule has 1 aliphatic rings. The van der Waals surface area contributed by atoms with Crippen LogP contribution < -0.4 is 10.7 Å². The smallest absolute Gasteiger partial charge is 0.261 e. The van der Waals surface area contributed by atoms with Gasteiger partial charge in [-0.1, -0.05) is 24.3 Å². The third-order valence-electron chi connectivity index (χ3n) is 5.01. The standard InChI is InChI=1S/C21H20N2O2/c1-12-7-8-13(2)18(9-12)22-21(25)17-11-23-14(3)10-15-5-4-6-16(19(15)23)20(17)24/h4-9,11,14H,10H2,1-3H3,(H,22,25). The van der Waals surface area contributed by atoms with Gasteiger partial charge in [-0.05, 0) is 56.0 Å². The van der Waals surface area contributed by atoms with Crippen molar-refractivity contribution in [2.75, 3.05) is 5.32 Å².